The van der Waals surface area contributed by atoms with Gasteiger partial charge < -0.3 is 4.74 Å². The molecule has 1 amide bonds. The van der Waals surface area contributed by atoms with Gasteiger partial charge in [0.2, 0.25) is 10.0 Å². The zero-order valence-electron chi connectivity index (χ0n) is 19.2. The first-order chi connectivity index (χ1) is 16.9. The Balaban J connectivity index is 1.37. The van der Waals surface area contributed by atoms with Crippen molar-refractivity contribution in [3.05, 3.63) is 71.5 Å². The second kappa shape index (κ2) is 9.33. The summed E-state index contributed by atoms with van der Waals surface area (Å²) in [6, 6.07) is 13.8. The van der Waals surface area contributed by atoms with E-state index in [2.05, 4.69) is 10.3 Å². The molecule has 10 nitrogen and oxygen atoms in total. The summed E-state index contributed by atoms with van der Waals surface area (Å²) in [5, 5.41) is 8.25. The molecule has 3 heterocycles. The highest BCUT2D eigenvalue weighted by atomic mass is 32.2. The molecule has 1 fully saturated rings. The third kappa shape index (κ3) is 4.38. The number of ketones is 1. The molecule has 1 atom stereocenters. The molecule has 35 heavy (non-hydrogen) atoms. The van der Waals surface area contributed by atoms with E-state index in [9.17, 15) is 18.0 Å². The van der Waals surface area contributed by atoms with E-state index in [4.69, 9.17) is 4.74 Å². The summed E-state index contributed by atoms with van der Waals surface area (Å²) in [5.41, 5.74) is 2.02. The number of nitrogens with zero attached hydrogens (tertiary/aromatic N) is 5. The molecular weight excluding hydrogens is 470 g/mol. The molecule has 0 spiro atoms. The standard InChI is InChI=1S/C24H25N5O5S/c1-34-16-19-8-5-11-29(19)35(32,33)20-9-10-22-21(12-20)23(30)24(31)28(22)15-18-14-27(26-25-18)13-17-6-3-2-4-7-17/h2-4,6-7,9-10,12,14,19H,5,8,11,13,15-16H2,1H3/t19-/m0/s1. The SMILES string of the molecule is COC[C@@H]1CCCN1S(=O)(=O)c1ccc2c(c1)C(=O)C(=O)N2Cc1cn(Cc2ccccc2)nn1. The Bertz CT molecular complexity index is 1370. The van der Waals surface area contributed by atoms with Gasteiger partial charge in [0.1, 0.15) is 5.69 Å². The fourth-order valence-corrected chi connectivity index (χ4v) is 6.34. The number of benzene rings is 2. The fraction of sp³-hybridized carbons (Fsp3) is 0.333. The van der Waals surface area contributed by atoms with Crippen LogP contribution in [0.4, 0.5) is 5.69 Å². The first-order valence-electron chi connectivity index (χ1n) is 11.3. The number of anilines is 1. The molecule has 182 valence electrons. The van der Waals surface area contributed by atoms with Gasteiger partial charge in [0, 0.05) is 19.7 Å². The number of sulfonamides is 1. The summed E-state index contributed by atoms with van der Waals surface area (Å²) in [7, 11) is -2.29. The van der Waals surface area contributed by atoms with E-state index in [0.29, 0.717) is 37.5 Å². The van der Waals surface area contributed by atoms with Crippen molar-refractivity contribution in [3.63, 3.8) is 0 Å². The number of hydrogen-bond donors (Lipinski definition) is 0. The van der Waals surface area contributed by atoms with Crippen LogP contribution in [-0.2, 0) is 32.6 Å². The second-order valence-corrected chi connectivity index (χ2v) is 10.6. The highest BCUT2D eigenvalue weighted by Gasteiger charge is 2.40. The summed E-state index contributed by atoms with van der Waals surface area (Å²) in [6.45, 7) is 1.28. The van der Waals surface area contributed by atoms with Crippen LogP contribution in [0.3, 0.4) is 0 Å². The van der Waals surface area contributed by atoms with Gasteiger partial charge >= 0.3 is 0 Å². The van der Waals surface area contributed by atoms with Gasteiger partial charge in [-0.15, -0.1) is 5.10 Å². The number of ether oxygens (including phenoxy) is 1. The Kier molecular flexibility index (Phi) is 6.22. The summed E-state index contributed by atoms with van der Waals surface area (Å²) >= 11 is 0. The minimum absolute atomic E-state index is 0.00365. The van der Waals surface area contributed by atoms with Crippen LogP contribution in [-0.4, -0.2) is 65.7 Å². The van der Waals surface area contributed by atoms with Crippen LogP contribution in [0.1, 0.15) is 34.5 Å². The Hall–Kier alpha value is -3.41. The molecule has 0 bridgehead atoms. The minimum Gasteiger partial charge on any atom is -0.383 e. The average Bonchev–Trinajstić information content (AvgIpc) is 3.56. The molecule has 1 aromatic heterocycles. The lowest BCUT2D eigenvalue weighted by molar-refractivity contribution is -0.114. The van der Waals surface area contributed by atoms with Crippen LogP contribution < -0.4 is 4.90 Å². The Labute approximate surface area is 203 Å². The van der Waals surface area contributed by atoms with E-state index in [0.717, 1.165) is 12.0 Å². The molecule has 3 aromatic rings. The number of fused-ring (bicyclic) bond motifs is 1. The van der Waals surface area contributed by atoms with Crippen LogP contribution in [0, 0.1) is 0 Å². The lowest BCUT2D eigenvalue weighted by Gasteiger charge is -2.23. The van der Waals surface area contributed by atoms with Crippen molar-refractivity contribution < 1.29 is 22.7 Å². The van der Waals surface area contributed by atoms with Crippen LogP contribution in [0.5, 0.6) is 0 Å². The van der Waals surface area contributed by atoms with Crippen molar-refractivity contribution in [1.82, 2.24) is 19.3 Å². The number of amides is 1. The molecule has 5 rings (SSSR count). The first kappa shape index (κ1) is 23.3. The van der Waals surface area contributed by atoms with E-state index in [1.807, 2.05) is 30.3 Å². The summed E-state index contributed by atoms with van der Waals surface area (Å²) < 4.78 is 34.8. The normalized spacial score (nSPS) is 18.4. The maximum absolute atomic E-state index is 13.3. The third-order valence-corrected chi connectivity index (χ3v) is 8.27. The van der Waals surface area contributed by atoms with Crippen molar-refractivity contribution >= 4 is 27.4 Å². The maximum Gasteiger partial charge on any atom is 0.299 e. The van der Waals surface area contributed by atoms with E-state index in [1.165, 1.54) is 34.5 Å². The van der Waals surface area contributed by atoms with Gasteiger partial charge in [0.15, 0.2) is 0 Å². The molecule has 0 unspecified atom stereocenters. The predicted octanol–water partition coefficient (Wildman–Crippen LogP) is 1.86. The lowest BCUT2D eigenvalue weighted by atomic mass is 10.1. The third-order valence-electron chi connectivity index (χ3n) is 6.33. The number of aromatic nitrogens is 3. The van der Waals surface area contributed by atoms with E-state index < -0.39 is 21.7 Å². The molecule has 2 aliphatic heterocycles. The van der Waals surface area contributed by atoms with Crippen LogP contribution >= 0.6 is 0 Å². The summed E-state index contributed by atoms with van der Waals surface area (Å²) in [6.07, 6.45) is 3.19. The largest absolute Gasteiger partial charge is 0.383 e. The second-order valence-electron chi connectivity index (χ2n) is 8.66. The monoisotopic (exact) mass is 495 g/mol. The first-order valence-corrected chi connectivity index (χ1v) is 12.8. The zero-order valence-corrected chi connectivity index (χ0v) is 20.0. The smallest absolute Gasteiger partial charge is 0.299 e. The van der Waals surface area contributed by atoms with Gasteiger partial charge in [-0.3, -0.25) is 14.5 Å². The highest BCUT2D eigenvalue weighted by Crippen LogP contribution is 2.34. The fourth-order valence-electron chi connectivity index (χ4n) is 4.64. The average molecular weight is 496 g/mol. The molecule has 0 radical (unpaired) electrons. The number of hydrogen-bond acceptors (Lipinski definition) is 7. The predicted molar refractivity (Wildman–Crippen MR) is 126 cm³/mol. The van der Waals surface area contributed by atoms with Gasteiger partial charge in [-0.05, 0) is 36.6 Å². The minimum atomic E-state index is -3.83. The van der Waals surface area contributed by atoms with Gasteiger partial charge in [-0.1, -0.05) is 35.5 Å². The van der Waals surface area contributed by atoms with Crippen LogP contribution in [0.15, 0.2) is 59.6 Å². The van der Waals surface area contributed by atoms with Crippen molar-refractivity contribution in [2.24, 2.45) is 0 Å². The lowest BCUT2D eigenvalue weighted by Crippen LogP contribution is -2.38. The van der Waals surface area contributed by atoms with Gasteiger partial charge in [-0.25, -0.2) is 13.1 Å². The zero-order chi connectivity index (χ0) is 24.6. The van der Waals surface area contributed by atoms with Gasteiger partial charge in [0.05, 0.1) is 42.0 Å². The Morgan fingerprint density at radius 2 is 1.89 bits per heavy atom. The van der Waals surface area contributed by atoms with E-state index >= 15 is 0 Å². The molecule has 0 saturated carbocycles. The van der Waals surface area contributed by atoms with E-state index in [-0.39, 0.29) is 23.0 Å². The number of methoxy groups -OCH3 is 1. The number of carbonyl (C=O) groups is 2. The van der Waals surface area contributed by atoms with Crippen LogP contribution in [0.2, 0.25) is 0 Å². The highest BCUT2D eigenvalue weighted by molar-refractivity contribution is 7.89. The van der Waals surface area contributed by atoms with Gasteiger partial charge in [-0.2, -0.15) is 4.31 Å². The summed E-state index contributed by atoms with van der Waals surface area (Å²) in [5.74, 6) is -1.45. The van der Waals surface area contributed by atoms with Crippen molar-refractivity contribution in [2.75, 3.05) is 25.2 Å². The molecule has 2 aliphatic rings. The number of Topliss-reactive ketones (excluding diaryl/α,β-unsaturated/α-hetero) is 1. The van der Waals surface area contributed by atoms with Crippen molar-refractivity contribution in [2.45, 2.75) is 36.9 Å². The molecule has 0 N–H and O–H groups in total. The number of carbonyl (C=O) groups excluding carboxylic acids is 2. The van der Waals surface area contributed by atoms with Crippen molar-refractivity contribution in [3.8, 4) is 0 Å². The maximum atomic E-state index is 13.3. The topological polar surface area (TPSA) is 115 Å². The number of rotatable bonds is 8. The molecule has 0 aliphatic carbocycles. The Morgan fingerprint density at radius 3 is 2.66 bits per heavy atom. The summed E-state index contributed by atoms with van der Waals surface area (Å²) in [4.78, 5) is 26.8. The van der Waals surface area contributed by atoms with Crippen molar-refractivity contribution in [1.29, 1.82) is 0 Å². The molecule has 1 saturated heterocycles. The quantitative estimate of drug-likeness (QED) is 0.438. The molecular formula is C24H25N5O5S. The van der Waals surface area contributed by atoms with Crippen LogP contribution in [0.25, 0.3) is 0 Å². The molecule has 2 aromatic carbocycles. The van der Waals surface area contributed by atoms with E-state index in [1.54, 1.807) is 10.9 Å². The molecule has 11 heteroatoms. The van der Waals surface area contributed by atoms with Gasteiger partial charge in [0.25, 0.3) is 11.7 Å². The Morgan fingerprint density at radius 1 is 1.09 bits per heavy atom.